The summed E-state index contributed by atoms with van der Waals surface area (Å²) in [6.45, 7) is 0.0484. The summed E-state index contributed by atoms with van der Waals surface area (Å²) >= 11 is 5.64. The largest absolute Gasteiger partial charge is 0.478 e. The van der Waals surface area contributed by atoms with Crippen LogP contribution in [0.25, 0.3) is 0 Å². The van der Waals surface area contributed by atoms with Crippen LogP contribution in [0.3, 0.4) is 0 Å². The lowest BCUT2D eigenvalue weighted by molar-refractivity contribution is 0.0697. The summed E-state index contributed by atoms with van der Waals surface area (Å²) in [5, 5.41) is 19.4. The molecular weight excluding hydrogens is 222 g/mol. The quantitative estimate of drug-likeness (QED) is 0.738. The van der Waals surface area contributed by atoms with E-state index in [1.165, 1.54) is 12.1 Å². The number of benzene rings is 1. The van der Waals surface area contributed by atoms with Crippen LogP contribution in [0.5, 0.6) is 0 Å². The van der Waals surface area contributed by atoms with Gasteiger partial charge in [-0.3, -0.25) is 0 Å². The predicted molar refractivity (Wildman–Crippen MR) is 53.3 cm³/mol. The first-order chi connectivity index (χ1) is 7.00. The van der Waals surface area contributed by atoms with Crippen molar-refractivity contribution < 1.29 is 19.8 Å². The average molecular weight is 230 g/mol. The van der Waals surface area contributed by atoms with Crippen molar-refractivity contribution in [3.8, 4) is 0 Å². The maximum absolute atomic E-state index is 10.7. The number of nitrogens with one attached hydrogen (secondary N) is 1. The molecule has 0 fully saturated rings. The first-order valence-electron chi connectivity index (χ1n) is 3.99. The molecule has 0 aromatic heterocycles. The number of carboxylic acids is 1. The van der Waals surface area contributed by atoms with Crippen LogP contribution in [-0.4, -0.2) is 22.3 Å². The van der Waals surface area contributed by atoms with Gasteiger partial charge < -0.3 is 15.5 Å². The van der Waals surface area contributed by atoms with Gasteiger partial charge in [0.2, 0.25) is 0 Å². The molecule has 0 aliphatic rings. The molecule has 0 saturated carbocycles. The van der Waals surface area contributed by atoms with Crippen LogP contribution < -0.4 is 5.32 Å². The Balaban J connectivity index is 2.87. The molecule has 0 aliphatic carbocycles. The van der Waals surface area contributed by atoms with E-state index >= 15 is 0 Å². The molecule has 0 saturated heterocycles. The first kappa shape index (κ1) is 11.3. The number of amides is 1. The van der Waals surface area contributed by atoms with Crippen molar-refractivity contribution in [2.45, 2.75) is 6.54 Å². The standard InChI is InChI=1S/C9H8ClNO4/c10-7-2-1-5(4-11-9(14)15)3-6(7)8(12)13/h1-3,11H,4H2,(H,12,13)(H,14,15). The second-order valence-electron chi connectivity index (χ2n) is 2.78. The minimum atomic E-state index is -1.16. The van der Waals surface area contributed by atoms with Crippen molar-refractivity contribution in [2.75, 3.05) is 0 Å². The number of rotatable bonds is 3. The Morgan fingerprint density at radius 3 is 2.53 bits per heavy atom. The van der Waals surface area contributed by atoms with Crippen molar-refractivity contribution in [1.29, 1.82) is 0 Å². The molecule has 80 valence electrons. The normalized spacial score (nSPS) is 9.67. The Labute approximate surface area is 90.3 Å². The van der Waals surface area contributed by atoms with Crippen LogP contribution in [0.2, 0.25) is 5.02 Å². The Kier molecular flexibility index (Phi) is 3.51. The van der Waals surface area contributed by atoms with Gasteiger partial charge in [0.25, 0.3) is 0 Å². The smallest absolute Gasteiger partial charge is 0.404 e. The number of aromatic carboxylic acids is 1. The van der Waals surface area contributed by atoms with E-state index in [-0.39, 0.29) is 17.1 Å². The lowest BCUT2D eigenvalue weighted by atomic mass is 10.1. The molecule has 0 atom stereocenters. The van der Waals surface area contributed by atoms with Crippen LogP contribution >= 0.6 is 11.6 Å². The van der Waals surface area contributed by atoms with E-state index < -0.39 is 12.1 Å². The zero-order valence-corrected chi connectivity index (χ0v) is 8.28. The minimum absolute atomic E-state index is 0.0404. The van der Waals surface area contributed by atoms with E-state index in [1.54, 1.807) is 6.07 Å². The van der Waals surface area contributed by atoms with Crippen LogP contribution in [0, 0.1) is 0 Å². The van der Waals surface area contributed by atoms with E-state index in [0.29, 0.717) is 5.56 Å². The molecule has 1 aromatic carbocycles. The van der Waals surface area contributed by atoms with Gasteiger partial charge in [-0.05, 0) is 17.7 Å². The fourth-order valence-electron chi connectivity index (χ4n) is 1.02. The highest BCUT2D eigenvalue weighted by Gasteiger charge is 2.09. The van der Waals surface area contributed by atoms with Gasteiger partial charge in [0.15, 0.2) is 0 Å². The van der Waals surface area contributed by atoms with Crippen molar-refractivity contribution in [3.05, 3.63) is 34.3 Å². The van der Waals surface area contributed by atoms with Crippen molar-refractivity contribution in [3.63, 3.8) is 0 Å². The molecule has 0 heterocycles. The summed E-state index contributed by atoms with van der Waals surface area (Å²) in [6.07, 6.45) is -1.16. The molecule has 0 unspecified atom stereocenters. The molecule has 0 bridgehead atoms. The van der Waals surface area contributed by atoms with Crippen molar-refractivity contribution in [2.24, 2.45) is 0 Å². The Morgan fingerprint density at radius 1 is 1.33 bits per heavy atom. The van der Waals surface area contributed by atoms with Crippen LogP contribution in [0.1, 0.15) is 15.9 Å². The molecule has 3 N–H and O–H groups in total. The van der Waals surface area contributed by atoms with Crippen LogP contribution in [0.15, 0.2) is 18.2 Å². The summed E-state index contributed by atoms with van der Waals surface area (Å²) in [5.74, 6) is -1.14. The number of carbonyl (C=O) groups is 2. The highest BCUT2D eigenvalue weighted by molar-refractivity contribution is 6.33. The molecule has 0 radical (unpaired) electrons. The Hall–Kier alpha value is -1.75. The SMILES string of the molecule is O=C(O)NCc1ccc(Cl)c(C(=O)O)c1. The van der Waals surface area contributed by atoms with Gasteiger partial charge in [-0.2, -0.15) is 0 Å². The predicted octanol–water partition coefficient (Wildman–Crippen LogP) is 1.81. The van der Waals surface area contributed by atoms with E-state index in [1.807, 2.05) is 0 Å². The monoisotopic (exact) mass is 229 g/mol. The zero-order valence-electron chi connectivity index (χ0n) is 7.53. The first-order valence-corrected chi connectivity index (χ1v) is 4.37. The number of carboxylic acid groups (broad SMARTS) is 2. The fourth-order valence-corrected chi connectivity index (χ4v) is 1.22. The number of halogens is 1. The topological polar surface area (TPSA) is 86.6 Å². The van der Waals surface area contributed by atoms with E-state index in [2.05, 4.69) is 5.32 Å². The molecule has 1 amide bonds. The number of hydrogen-bond acceptors (Lipinski definition) is 2. The third-order valence-electron chi connectivity index (χ3n) is 1.70. The molecular formula is C9H8ClNO4. The fraction of sp³-hybridized carbons (Fsp3) is 0.111. The average Bonchev–Trinajstić information content (AvgIpc) is 2.16. The molecule has 5 nitrogen and oxygen atoms in total. The van der Waals surface area contributed by atoms with Crippen molar-refractivity contribution in [1.82, 2.24) is 5.32 Å². The third-order valence-corrected chi connectivity index (χ3v) is 2.03. The lowest BCUT2D eigenvalue weighted by Gasteiger charge is -2.04. The Bertz CT molecular complexity index is 405. The number of hydrogen-bond donors (Lipinski definition) is 3. The van der Waals surface area contributed by atoms with Crippen molar-refractivity contribution >= 4 is 23.7 Å². The summed E-state index contributed by atoms with van der Waals surface area (Å²) in [5.41, 5.74) is 0.501. The highest BCUT2D eigenvalue weighted by atomic mass is 35.5. The van der Waals surface area contributed by atoms with Crippen LogP contribution in [-0.2, 0) is 6.54 Å². The minimum Gasteiger partial charge on any atom is -0.478 e. The van der Waals surface area contributed by atoms with Crippen LogP contribution in [0.4, 0.5) is 4.79 Å². The zero-order chi connectivity index (χ0) is 11.4. The van der Waals surface area contributed by atoms with Gasteiger partial charge in [-0.25, -0.2) is 9.59 Å². The van der Waals surface area contributed by atoms with Gasteiger partial charge in [0.05, 0.1) is 10.6 Å². The van der Waals surface area contributed by atoms with E-state index in [4.69, 9.17) is 21.8 Å². The molecule has 1 aromatic rings. The molecule has 0 spiro atoms. The second kappa shape index (κ2) is 4.65. The molecule has 0 aliphatic heterocycles. The van der Waals surface area contributed by atoms with Gasteiger partial charge in [-0.1, -0.05) is 17.7 Å². The summed E-state index contributed by atoms with van der Waals surface area (Å²) in [4.78, 5) is 20.9. The highest BCUT2D eigenvalue weighted by Crippen LogP contribution is 2.17. The van der Waals surface area contributed by atoms with Gasteiger partial charge in [0, 0.05) is 6.54 Å². The van der Waals surface area contributed by atoms with E-state index in [0.717, 1.165) is 0 Å². The maximum atomic E-state index is 10.7. The lowest BCUT2D eigenvalue weighted by Crippen LogP contribution is -2.20. The summed E-state index contributed by atoms with van der Waals surface area (Å²) in [7, 11) is 0. The molecule has 6 heteroatoms. The molecule has 15 heavy (non-hydrogen) atoms. The molecule has 1 rings (SSSR count). The third kappa shape index (κ3) is 3.14. The second-order valence-corrected chi connectivity index (χ2v) is 3.19. The summed E-state index contributed by atoms with van der Waals surface area (Å²) in [6, 6.07) is 4.31. The Morgan fingerprint density at radius 2 is 2.00 bits per heavy atom. The maximum Gasteiger partial charge on any atom is 0.404 e. The van der Waals surface area contributed by atoms with Gasteiger partial charge >= 0.3 is 12.1 Å². The van der Waals surface area contributed by atoms with E-state index in [9.17, 15) is 9.59 Å². The van der Waals surface area contributed by atoms with Gasteiger partial charge in [-0.15, -0.1) is 0 Å². The van der Waals surface area contributed by atoms with Gasteiger partial charge in [0.1, 0.15) is 0 Å². The summed E-state index contributed by atoms with van der Waals surface area (Å²) < 4.78 is 0.